The van der Waals surface area contributed by atoms with E-state index in [2.05, 4.69) is 12.2 Å². The van der Waals surface area contributed by atoms with Gasteiger partial charge in [-0.25, -0.2) is 0 Å². The third-order valence-electron chi connectivity index (χ3n) is 5.55. The molecule has 0 amide bonds. The van der Waals surface area contributed by atoms with Gasteiger partial charge in [-0.3, -0.25) is 9.36 Å². The molecule has 0 fully saturated rings. The highest BCUT2D eigenvalue weighted by molar-refractivity contribution is 7.52. The van der Waals surface area contributed by atoms with Gasteiger partial charge in [0.05, 0.1) is 19.4 Å². The monoisotopic (exact) mass is 493 g/mol. The topological polar surface area (TPSA) is 94.1 Å². The molecule has 2 unspecified atom stereocenters. The lowest BCUT2D eigenvalue weighted by Gasteiger charge is -2.20. The fourth-order valence-electron chi connectivity index (χ4n) is 3.52. The molecule has 0 radical (unpaired) electrons. The van der Waals surface area contributed by atoms with Crippen LogP contribution < -0.4 is 5.32 Å². The van der Waals surface area contributed by atoms with Crippen LogP contribution in [0, 0.1) is 0 Å². The van der Waals surface area contributed by atoms with Crippen molar-refractivity contribution >= 4 is 13.6 Å². The molecular weight excluding hydrogens is 441 g/mol. The van der Waals surface area contributed by atoms with Crippen molar-refractivity contribution in [2.75, 3.05) is 39.6 Å². The maximum absolute atomic E-state index is 12.0. The summed E-state index contributed by atoms with van der Waals surface area (Å²) in [7, 11) is -2.00. The average molecular weight is 494 g/mol. The van der Waals surface area contributed by atoms with Crippen molar-refractivity contribution in [3.63, 3.8) is 0 Å². The van der Waals surface area contributed by atoms with Crippen molar-refractivity contribution in [2.24, 2.45) is 0 Å². The Hall–Kier alpha value is -0.460. The van der Waals surface area contributed by atoms with Gasteiger partial charge in [0.25, 0.3) is 0 Å². The number of carbonyl (C=O) groups excluding carboxylic acids is 1. The number of hydrogen-bond acceptors (Lipinski definition) is 6. The lowest BCUT2D eigenvalue weighted by molar-refractivity contribution is -0.154. The number of esters is 1. The average Bonchev–Trinajstić information content (AvgIpc) is 2.78. The SMILES string of the molecule is CCCCCCCCCCCCCCCOCC(COP(=O)(O)CCNC)OC(=O)CCC. The Morgan fingerprint density at radius 1 is 0.848 bits per heavy atom. The summed E-state index contributed by atoms with van der Waals surface area (Å²) < 4.78 is 28.2. The minimum atomic E-state index is -3.71. The summed E-state index contributed by atoms with van der Waals surface area (Å²) in [4.78, 5) is 21.7. The van der Waals surface area contributed by atoms with Crippen LogP contribution in [0.4, 0.5) is 0 Å². The second kappa shape index (κ2) is 23.3. The van der Waals surface area contributed by atoms with E-state index in [1.807, 2.05) is 6.92 Å². The van der Waals surface area contributed by atoms with Crippen LogP contribution in [0.1, 0.15) is 110 Å². The van der Waals surface area contributed by atoms with E-state index >= 15 is 0 Å². The summed E-state index contributed by atoms with van der Waals surface area (Å²) >= 11 is 0. The Morgan fingerprint density at radius 3 is 1.91 bits per heavy atom. The van der Waals surface area contributed by atoms with Crippen molar-refractivity contribution in [1.29, 1.82) is 0 Å². The summed E-state index contributed by atoms with van der Waals surface area (Å²) in [5.74, 6) is -0.335. The van der Waals surface area contributed by atoms with Gasteiger partial charge in [-0.15, -0.1) is 0 Å². The minimum Gasteiger partial charge on any atom is -0.457 e. The first-order chi connectivity index (χ1) is 15.9. The van der Waals surface area contributed by atoms with Crippen molar-refractivity contribution in [1.82, 2.24) is 5.32 Å². The van der Waals surface area contributed by atoms with E-state index in [1.165, 1.54) is 70.6 Å². The molecule has 0 aliphatic carbocycles. The largest absolute Gasteiger partial charge is 0.457 e. The van der Waals surface area contributed by atoms with Crippen LogP contribution in [0.2, 0.25) is 0 Å². The maximum Gasteiger partial charge on any atom is 0.329 e. The zero-order valence-corrected chi connectivity index (χ0v) is 22.5. The van der Waals surface area contributed by atoms with Gasteiger partial charge in [0.15, 0.2) is 0 Å². The predicted molar refractivity (Wildman–Crippen MR) is 136 cm³/mol. The molecule has 0 aliphatic rings. The number of nitrogens with one attached hydrogen (secondary N) is 1. The molecule has 0 bridgehead atoms. The number of ether oxygens (including phenoxy) is 2. The van der Waals surface area contributed by atoms with Gasteiger partial charge in [-0.1, -0.05) is 90.9 Å². The summed E-state index contributed by atoms with van der Waals surface area (Å²) in [5, 5.41) is 2.82. The van der Waals surface area contributed by atoms with Crippen LogP contribution in [-0.2, 0) is 23.4 Å². The van der Waals surface area contributed by atoms with Gasteiger partial charge in [0.2, 0.25) is 0 Å². The zero-order chi connectivity index (χ0) is 24.6. The predicted octanol–water partition coefficient (Wildman–Crippen LogP) is 6.23. The summed E-state index contributed by atoms with van der Waals surface area (Å²) in [5.41, 5.74) is 0. The van der Waals surface area contributed by atoms with Crippen molar-refractivity contribution in [3.05, 3.63) is 0 Å². The van der Waals surface area contributed by atoms with Crippen LogP contribution in [-0.4, -0.2) is 56.5 Å². The van der Waals surface area contributed by atoms with E-state index in [9.17, 15) is 14.3 Å². The molecule has 0 saturated heterocycles. The smallest absolute Gasteiger partial charge is 0.329 e. The van der Waals surface area contributed by atoms with E-state index in [1.54, 1.807) is 7.05 Å². The van der Waals surface area contributed by atoms with Crippen LogP contribution >= 0.6 is 7.60 Å². The van der Waals surface area contributed by atoms with Crippen molar-refractivity contribution in [2.45, 2.75) is 116 Å². The molecule has 0 aliphatic heterocycles. The first-order valence-corrected chi connectivity index (χ1v) is 15.1. The molecule has 0 aromatic rings. The standard InChI is InChI=1S/C25H52NO6P/c1-4-6-7-8-9-10-11-12-13-14-15-16-17-20-30-22-24(32-25(27)18-5-2)23-31-33(28,29)21-19-26-3/h24,26H,4-23H2,1-3H3,(H,28,29). The Balaban J connectivity index is 3.85. The van der Waals surface area contributed by atoms with Crippen LogP contribution in [0.3, 0.4) is 0 Å². The van der Waals surface area contributed by atoms with Crippen molar-refractivity contribution < 1.29 is 28.3 Å². The van der Waals surface area contributed by atoms with E-state index in [0.29, 0.717) is 26.0 Å². The number of rotatable bonds is 25. The molecule has 0 saturated carbocycles. The Bertz CT molecular complexity index is 492. The molecule has 0 aromatic heterocycles. The molecule has 2 N–H and O–H groups in total. The number of unbranched alkanes of at least 4 members (excludes halogenated alkanes) is 12. The maximum atomic E-state index is 12.0. The quantitative estimate of drug-likeness (QED) is 0.0884. The van der Waals surface area contributed by atoms with E-state index in [-0.39, 0.29) is 25.3 Å². The molecule has 0 rings (SSSR count). The second-order valence-corrected chi connectivity index (χ2v) is 10.9. The number of carbonyl (C=O) groups is 1. The van der Waals surface area contributed by atoms with Gasteiger partial charge in [-0.05, 0) is 19.9 Å². The normalized spacial score (nSPS) is 14.2. The summed E-state index contributed by atoms with van der Waals surface area (Å²) in [6, 6.07) is 0. The van der Waals surface area contributed by atoms with E-state index < -0.39 is 13.7 Å². The highest BCUT2D eigenvalue weighted by atomic mass is 31.2. The highest BCUT2D eigenvalue weighted by Gasteiger charge is 2.23. The third kappa shape index (κ3) is 23.1. The second-order valence-electron chi connectivity index (χ2n) is 8.94. The van der Waals surface area contributed by atoms with E-state index in [0.717, 1.165) is 12.8 Å². The molecular formula is C25H52NO6P. The first-order valence-electron chi connectivity index (χ1n) is 13.3. The van der Waals surface area contributed by atoms with Crippen LogP contribution in [0.25, 0.3) is 0 Å². The Kier molecular flexibility index (Phi) is 23.0. The molecule has 2 atom stereocenters. The third-order valence-corrected chi connectivity index (χ3v) is 6.90. The van der Waals surface area contributed by atoms with Crippen LogP contribution in [0.5, 0.6) is 0 Å². The Labute approximate surface area is 203 Å². The zero-order valence-electron chi connectivity index (χ0n) is 21.7. The Morgan fingerprint density at radius 2 is 1.39 bits per heavy atom. The first kappa shape index (κ1) is 32.5. The van der Waals surface area contributed by atoms with Gasteiger partial charge >= 0.3 is 13.6 Å². The molecule has 198 valence electrons. The number of hydrogen-bond donors (Lipinski definition) is 2. The lowest BCUT2D eigenvalue weighted by Crippen LogP contribution is -2.28. The molecule has 0 aromatic carbocycles. The molecule has 0 spiro atoms. The van der Waals surface area contributed by atoms with Crippen molar-refractivity contribution in [3.8, 4) is 0 Å². The fourth-order valence-corrected chi connectivity index (χ4v) is 4.55. The lowest BCUT2D eigenvalue weighted by atomic mass is 10.0. The minimum absolute atomic E-state index is 0.0128. The van der Waals surface area contributed by atoms with E-state index in [4.69, 9.17) is 14.0 Å². The van der Waals surface area contributed by atoms with Gasteiger partial charge in [0.1, 0.15) is 6.10 Å². The molecule has 33 heavy (non-hydrogen) atoms. The van der Waals surface area contributed by atoms with Gasteiger partial charge in [0, 0.05) is 19.6 Å². The molecule has 8 heteroatoms. The van der Waals surface area contributed by atoms with Gasteiger partial charge in [-0.2, -0.15) is 0 Å². The summed E-state index contributed by atoms with van der Waals surface area (Å²) in [6.07, 6.45) is 17.2. The molecule has 0 heterocycles. The van der Waals surface area contributed by atoms with Gasteiger partial charge < -0.3 is 24.2 Å². The highest BCUT2D eigenvalue weighted by Crippen LogP contribution is 2.41. The summed E-state index contributed by atoms with van der Waals surface area (Å²) in [6.45, 7) is 5.18. The molecule has 7 nitrogen and oxygen atoms in total. The fraction of sp³-hybridized carbons (Fsp3) is 0.960. The van der Waals surface area contributed by atoms with Crippen LogP contribution in [0.15, 0.2) is 0 Å².